The molecule has 1 heterocycles. The zero-order valence-corrected chi connectivity index (χ0v) is 10.3. The average Bonchev–Trinajstić information content (AvgIpc) is 2.83. The highest BCUT2D eigenvalue weighted by atomic mass is 16.1. The van der Waals surface area contributed by atoms with Crippen molar-refractivity contribution in [3.63, 3.8) is 0 Å². The lowest BCUT2D eigenvalue weighted by Gasteiger charge is -2.18. The highest BCUT2D eigenvalue weighted by Gasteiger charge is 2.22. The lowest BCUT2D eigenvalue weighted by Crippen LogP contribution is -2.31. The molecule has 3 nitrogen and oxygen atoms in total. The van der Waals surface area contributed by atoms with Crippen molar-refractivity contribution in [3.05, 3.63) is 30.3 Å². The molecule has 2 N–H and O–H groups in total. The van der Waals surface area contributed by atoms with Gasteiger partial charge in [-0.15, -0.1) is 0 Å². The third-order valence-electron chi connectivity index (χ3n) is 3.35. The van der Waals surface area contributed by atoms with E-state index >= 15 is 0 Å². The second kappa shape index (κ2) is 5.82. The van der Waals surface area contributed by atoms with Gasteiger partial charge in [0, 0.05) is 18.2 Å². The van der Waals surface area contributed by atoms with E-state index in [1.54, 1.807) is 0 Å². The number of amides is 1. The van der Waals surface area contributed by atoms with Crippen LogP contribution in [0.15, 0.2) is 30.3 Å². The van der Waals surface area contributed by atoms with Gasteiger partial charge in [-0.25, -0.2) is 0 Å². The highest BCUT2D eigenvalue weighted by molar-refractivity contribution is 5.90. The molecule has 0 spiro atoms. The van der Waals surface area contributed by atoms with Crippen LogP contribution in [0.3, 0.4) is 0 Å². The molecule has 0 unspecified atom stereocenters. The Kier molecular flexibility index (Phi) is 4.15. The quantitative estimate of drug-likeness (QED) is 0.837. The number of anilines is 1. The van der Waals surface area contributed by atoms with Crippen LogP contribution in [0.25, 0.3) is 0 Å². The molecular weight excluding hydrogens is 212 g/mol. The van der Waals surface area contributed by atoms with E-state index in [2.05, 4.69) is 17.6 Å². The Labute approximate surface area is 103 Å². The normalized spacial score (nSPS) is 21.1. The molecule has 1 aliphatic rings. The summed E-state index contributed by atoms with van der Waals surface area (Å²) in [4.78, 5) is 11.8. The molecule has 92 valence electrons. The predicted molar refractivity (Wildman–Crippen MR) is 69.9 cm³/mol. The molecule has 0 saturated carbocycles. The first-order valence-corrected chi connectivity index (χ1v) is 6.34. The van der Waals surface area contributed by atoms with Crippen LogP contribution < -0.4 is 10.6 Å². The van der Waals surface area contributed by atoms with Crippen LogP contribution in [0.1, 0.15) is 26.2 Å². The Morgan fingerprint density at radius 1 is 1.47 bits per heavy atom. The van der Waals surface area contributed by atoms with E-state index in [-0.39, 0.29) is 5.91 Å². The van der Waals surface area contributed by atoms with Crippen LogP contribution in [-0.4, -0.2) is 18.5 Å². The molecule has 3 heteroatoms. The number of nitrogens with one attached hydrogen (secondary N) is 2. The Balaban J connectivity index is 1.80. The van der Waals surface area contributed by atoms with E-state index < -0.39 is 0 Å². The summed E-state index contributed by atoms with van der Waals surface area (Å²) in [6, 6.07) is 10.1. The molecule has 2 atom stereocenters. The van der Waals surface area contributed by atoms with Gasteiger partial charge in [0.1, 0.15) is 0 Å². The topological polar surface area (TPSA) is 41.1 Å². The predicted octanol–water partition coefficient (Wildman–Crippen LogP) is 2.40. The minimum Gasteiger partial charge on any atom is -0.326 e. The minimum absolute atomic E-state index is 0.109. The Morgan fingerprint density at radius 3 is 2.88 bits per heavy atom. The number of rotatable bonds is 4. The van der Waals surface area contributed by atoms with Crippen molar-refractivity contribution in [2.45, 2.75) is 32.2 Å². The zero-order chi connectivity index (χ0) is 12.1. The number of carbonyl (C=O) groups excluding carboxylic acids is 1. The first-order valence-electron chi connectivity index (χ1n) is 6.34. The molecule has 1 amide bonds. The highest BCUT2D eigenvalue weighted by Crippen LogP contribution is 2.18. The summed E-state index contributed by atoms with van der Waals surface area (Å²) >= 11 is 0. The van der Waals surface area contributed by atoms with Gasteiger partial charge in [-0.2, -0.15) is 0 Å². The monoisotopic (exact) mass is 232 g/mol. The van der Waals surface area contributed by atoms with Crippen molar-refractivity contribution in [1.29, 1.82) is 0 Å². The third kappa shape index (κ3) is 3.56. The van der Waals surface area contributed by atoms with E-state index in [1.807, 2.05) is 30.3 Å². The molecule has 1 saturated heterocycles. The SMILES string of the molecule is C[C@@H](CC(=O)Nc1ccccc1)[C@H]1CCCN1. The smallest absolute Gasteiger partial charge is 0.224 e. The van der Waals surface area contributed by atoms with Gasteiger partial charge in [0.2, 0.25) is 5.91 Å². The van der Waals surface area contributed by atoms with E-state index in [1.165, 1.54) is 12.8 Å². The fourth-order valence-electron chi connectivity index (χ4n) is 2.37. The number of hydrogen-bond donors (Lipinski definition) is 2. The number of benzene rings is 1. The van der Waals surface area contributed by atoms with Crippen LogP contribution >= 0.6 is 0 Å². The maximum Gasteiger partial charge on any atom is 0.224 e. The second-order valence-corrected chi connectivity index (χ2v) is 4.80. The first-order chi connectivity index (χ1) is 8.25. The minimum atomic E-state index is 0.109. The van der Waals surface area contributed by atoms with Crippen LogP contribution in [0.4, 0.5) is 5.69 Å². The maximum atomic E-state index is 11.8. The summed E-state index contributed by atoms with van der Waals surface area (Å²) in [6.07, 6.45) is 3.02. The van der Waals surface area contributed by atoms with Gasteiger partial charge >= 0.3 is 0 Å². The largest absolute Gasteiger partial charge is 0.326 e. The van der Waals surface area contributed by atoms with Gasteiger partial charge in [0.05, 0.1) is 0 Å². The molecule has 1 fully saturated rings. The van der Waals surface area contributed by atoms with E-state index in [9.17, 15) is 4.79 Å². The summed E-state index contributed by atoms with van der Waals surface area (Å²) in [5.74, 6) is 0.513. The number of para-hydroxylation sites is 1. The summed E-state index contributed by atoms with van der Waals surface area (Å²) in [7, 11) is 0. The Bertz CT molecular complexity index is 358. The molecule has 1 aliphatic heterocycles. The van der Waals surface area contributed by atoms with Gasteiger partial charge in [-0.1, -0.05) is 25.1 Å². The average molecular weight is 232 g/mol. The zero-order valence-electron chi connectivity index (χ0n) is 10.3. The molecule has 1 aromatic carbocycles. The van der Waals surface area contributed by atoms with E-state index in [0.717, 1.165) is 12.2 Å². The Hall–Kier alpha value is -1.35. The third-order valence-corrected chi connectivity index (χ3v) is 3.35. The van der Waals surface area contributed by atoms with Crippen molar-refractivity contribution in [2.75, 3.05) is 11.9 Å². The van der Waals surface area contributed by atoms with Crippen LogP contribution in [0.2, 0.25) is 0 Å². The molecule has 0 aromatic heterocycles. The summed E-state index contributed by atoms with van der Waals surface area (Å²) < 4.78 is 0. The van der Waals surface area contributed by atoms with Gasteiger partial charge < -0.3 is 10.6 Å². The van der Waals surface area contributed by atoms with Gasteiger partial charge in [-0.05, 0) is 37.4 Å². The molecular formula is C14H20N2O. The second-order valence-electron chi connectivity index (χ2n) is 4.80. The molecule has 0 radical (unpaired) electrons. The van der Waals surface area contributed by atoms with E-state index in [0.29, 0.717) is 18.4 Å². The van der Waals surface area contributed by atoms with Gasteiger partial charge in [0.25, 0.3) is 0 Å². The molecule has 1 aromatic rings. The van der Waals surface area contributed by atoms with Crippen molar-refractivity contribution in [2.24, 2.45) is 5.92 Å². The molecule has 2 rings (SSSR count). The number of hydrogen-bond acceptors (Lipinski definition) is 2. The van der Waals surface area contributed by atoms with Crippen LogP contribution in [-0.2, 0) is 4.79 Å². The van der Waals surface area contributed by atoms with Crippen LogP contribution in [0.5, 0.6) is 0 Å². The molecule has 0 bridgehead atoms. The fraction of sp³-hybridized carbons (Fsp3) is 0.500. The van der Waals surface area contributed by atoms with Gasteiger partial charge in [-0.3, -0.25) is 4.79 Å². The van der Waals surface area contributed by atoms with Crippen molar-refractivity contribution >= 4 is 11.6 Å². The standard InChI is InChI=1S/C14H20N2O/c1-11(13-8-5-9-15-13)10-14(17)16-12-6-3-2-4-7-12/h2-4,6-7,11,13,15H,5,8-10H2,1H3,(H,16,17)/t11-,13+/m0/s1. The Morgan fingerprint density at radius 2 is 2.24 bits per heavy atom. The van der Waals surface area contributed by atoms with Crippen molar-refractivity contribution in [3.8, 4) is 0 Å². The molecule has 17 heavy (non-hydrogen) atoms. The van der Waals surface area contributed by atoms with Gasteiger partial charge in [0.15, 0.2) is 0 Å². The van der Waals surface area contributed by atoms with Crippen molar-refractivity contribution in [1.82, 2.24) is 5.32 Å². The lowest BCUT2D eigenvalue weighted by atomic mass is 9.96. The maximum absolute atomic E-state index is 11.8. The fourth-order valence-corrected chi connectivity index (χ4v) is 2.37. The van der Waals surface area contributed by atoms with Crippen LogP contribution in [0, 0.1) is 5.92 Å². The summed E-state index contributed by atoms with van der Waals surface area (Å²) in [5.41, 5.74) is 0.879. The van der Waals surface area contributed by atoms with E-state index in [4.69, 9.17) is 0 Å². The summed E-state index contributed by atoms with van der Waals surface area (Å²) in [6.45, 7) is 3.24. The van der Waals surface area contributed by atoms with Crippen molar-refractivity contribution < 1.29 is 4.79 Å². The number of carbonyl (C=O) groups is 1. The first kappa shape index (κ1) is 12.1. The molecule has 0 aliphatic carbocycles. The summed E-state index contributed by atoms with van der Waals surface area (Å²) in [5, 5.41) is 6.38. The lowest BCUT2D eigenvalue weighted by molar-refractivity contribution is -0.117.